The van der Waals surface area contributed by atoms with Gasteiger partial charge in [-0.15, -0.1) is 0 Å². The predicted octanol–water partition coefficient (Wildman–Crippen LogP) is -0.542. The third-order valence-electron chi connectivity index (χ3n) is 14.8. The van der Waals surface area contributed by atoms with E-state index in [1.165, 1.54) is 36.4 Å². The molecule has 1 saturated heterocycles. The van der Waals surface area contributed by atoms with E-state index in [1.54, 1.807) is 12.1 Å². The number of carboxylic acid groups (broad SMARTS) is 2. The number of fused-ring (bicyclic) bond motifs is 3. The number of hydrogen-bond acceptors (Lipinski definition) is 14. The first-order valence-corrected chi connectivity index (χ1v) is 28.7. The number of benzene rings is 2. The number of aromatic amines is 2. The number of urea groups is 1. The number of carboxylic acids is 2. The quantitative estimate of drug-likeness (QED) is 0.0166. The summed E-state index contributed by atoms with van der Waals surface area (Å²) in [6.45, 7) is 5.35. The predicted molar refractivity (Wildman–Crippen MR) is 313 cm³/mol. The van der Waals surface area contributed by atoms with Gasteiger partial charge >= 0.3 is 18.0 Å². The van der Waals surface area contributed by atoms with E-state index >= 15 is 9.59 Å². The second kappa shape index (κ2) is 32.4. The van der Waals surface area contributed by atoms with Crippen LogP contribution >= 0.6 is 0 Å². The average Bonchev–Trinajstić information content (AvgIpc) is 3.74. The van der Waals surface area contributed by atoms with Crippen LogP contribution in [0.3, 0.4) is 0 Å². The number of morpholine rings is 1. The summed E-state index contributed by atoms with van der Waals surface area (Å²) in [6, 6.07) is 4.23. The van der Waals surface area contributed by atoms with E-state index in [2.05, 4.69) is 56.7 Å². The number of ether oxygens (including phenoxy) is 1. The molecule has 4 heterocycles. The van der Waals surface area contributed by atoms with Gasteiger partial charge in [-0.05, 0) is 67.8 Å². The number of aliphatic carboxylic acids is 2. The number of carbonyl (C=O) groups excluding carboxylic acids is 7. The Morgan fingerprint density at radius 1 is 0.753 bits per heavy atom. The van der Waals surface area contributed by atoms with E-state index in [0.29, 0.717) is 68.9 Å². The maximum Gasteiger partial charge on any atom is 0.326 e. The summed E-state index contributed by atoms with van der Waals surface area (Å²) in [5.74, 6) is -8.11. The molecule has 8 amide bonds. The Kier molecular flexibility index (Phi) is 25.0. The van der Waals surface area contributed by atoms with Crippen LogP contribution in [0.25, 0.3) is 10.9 Å². The van der Waals surface area contributed by atoms with Gasteiger partial charge in [0, 0.05) is 88.0 Å². The zero-order valence-electron chi connectivity index (χ0n) is 48.4. The molecule has 16 N–H and O–H groups in total. The molecule has 28 nitrogen and oxygen atoms in total. The Hall–Kier alpha value is -8.63. The highest BCUT2D eigenvalue weighted by Gasteiger charge is 2.41. The number of aliphatic imine (C=N–C) groups is 1. The lowest BCUT2D eigenvalue weighted by molar-refractivity contribution is -0.147. The normalized spacial score (nSPS) is 16.2. The molecular formula is C57H82N16O12. The zero-order chi connectivity index (χ0) is 61.6. The minimum Gasteiger partial charge on any atom is -0.481 e. The van der Waals surface area contributed by atoms with Crippen molar-refractivity contribution in [3.05, 3.63) is 89.1 Å². The Bertz CT molecular complexity index is 2940. The van der Waals surface area contributed by atoms with Gasteiger partial charge < -0.3 is 83.8 Å². The zero-order valence-corrected chi connectivity index (χ0v) is 48.4. The number of nitrogens with zero attached hydrogens (tertiary/aromatic N) is 5. The van der Waals surface area contributed by atoms with E-state index in [-0.39, 0.29) is 64.0 Å². The van der Waals surface area contributed by atoms with Crippen molar-refractivity contribution in [3.8, 4) is 0 Å². The van der Waals surface area contributed by atoms with Gasteiger partial charge in [0.15, 0.2) is 5.96 Å². The molecule has 0 radical (unpaired) electrons. The van der Waals surface area contributed by atoms with Gasteiger partial charge in [0.2, 0.25) is 35.4 Å². The lowest BCUT2D eigenvalue weighted by atomic mass is 9.94. The van der Waals surface area contributed by atoms with Crippen LogP contribution in [0.15, 0.2) is 66.0 Å². The SMILES string of the molecule is CCCC[C@H](NC(=O)N(C)C)C(=O)N[C@@H](CC(=O)O)C(=O)N[C@@H](Cc1cnc[nH]1)C(=O)N[C@H](Cc1ccc(CN2CCOCC2)cc1)C(=O)N[C@@H](CCCN=C(N)N)C(=O)N1Cc2[nH]c3ccccc3c2CC1C(=O)N[C@@H](CCCCN)C(=O)O. The molecule has 85 heavy (non-hydrogen) atoms. The fraction of sp³-hybridized carbons (Fsp3) is 0.526. The first-order valence-electron chi connectivity index (χ1n) is 28.7. The van der Waals surface area contributed by atoms with Crippen LogP contribution in [0.5, 0.6) is 0 Å². The molecule has 0 bridgehead atoms. The summed E-state index contributed by atoms with van der Waals surface area (Å²) < 4.78 is 5.51. The first kappa shape index (κ1) is 65.5. The van der Waals surface area contributed by atoms with Crippen molar-refractivity contribution in [3.63, 3.8) is 0 Å². The fourth-order valence-corrected chi connectivity index (χ4v) is 10.2. The third kappa shape index (κ3) is 19.7. The summed E-state index contributed by atoms with van der Waals surface area (Å²) in [5.41, 5.74) is 21.0. The summed E-state index contributed by atoms with van der Waals surface area (Å²) >= 11 is 0. The molecule has 2 aromatic carbocycles. The number of aromatic nitrogens is 3. The number of hydrogen-bond donors (Lipinski definition) is 13. The summed E-state index contributed by atoms with van der Waals surface area (Å²) in [4.78, 5) is 145. The molecule has 7 atom stereocenters. The third-order valence-corrected chi connectivity index (χ3v) is 14.8. The first-order chi connectivity index (χ1) is 40.7. The van der Waals surface area contributed by atoms with Gasteiger partial charge in [-0.25, -0.2) is 14.6 Å². The number of nitrogens with two attached hydrogens (primary N) is 3. The number of unbranched alkanes of at least 4 members (excludes halogenated alkanes) is 2. The molecule has 1 unspecified atom stereocenters. The number of rotatable bonds is 32. The maximum atomic E-state index is 15.4. The van der Waals surface area contributed by atoms with Crippen LogP contribution in [-0.2, 0) is 75.4 Å². The Morgan fingerprint density at radius 2 is 1.38 bits per heavy atom. The number of amides is 8. The number of para-hydroxylation sites is 1. The van der Waals surface area contributed by atoms with Gasteiger partial charge in [0.05, 0.1) is 32.5 Å². The van der Waals surface area contributed by atoms with E-state index in [9.17, 15) is 43.8 Å². The minimum absolute atomic E-state index is 0.0200. The standard InChI is InChI=1S/C57H82N16O12/c1-4-5-12-40(70-57(84)71(2)3)49(76)69-45(29-48(74)75)52(79)68-44(27-36-30-61-33-63-36)51(78)67-43(26-34-16-18-35(19-17-34)31-72-22-24-85-25-23-72)50(77)65-41(15-10-21-62-56(59)60)54(81)73-32-46-38(37-11-6-7-13-39(37)64-46)28-47(73)53(80)66-42(55(82)83)14-8-9-20-58/h6-7,11,13,16-19,30,33,40-45,47,64H,4-5,8-10,12,14-15,20-29,31-32,58H2,1-3H3,(H,61,63)(H,65,77)(H,66,80)(H,67,78)(H,68,79)(H,69,76)(H,70,84)(H,74,75)(H,82,83)(H4,59,60,62)/t40-,41-,42-,43+,44-,45-,47?/m0/s1. The fourth-order valence-electron chi connectivity index (χ4n) is 10.2. The molecular weight excluding hydrogens is 1100 g/mol. The van der Waals surface area contributed by atoms with Crippen LogP contribution in [0, 0.1) is 0 Å². The second-order valence-electron chi connectivity index (χ2n) is 21.5. The van der Waals surface area contributed by atoms with Crippen LogP contribution in [0.2, 0.25) is 0 Å². The van der Waals surface area contributed by atoms with Gasteiger partial charge in [0.1, 0.15) is 42.3 Å². The number of H-pyrrole nitrogens is 2. The van der Waals surface area contributed by atoms with Crippen molar-refractivity contribution in [1.82, 2.24) is 61.6 Å². The number of carbonyl (C=O) groups is 9. The monoisotopic (exact) mass is 1180 g/mol. The topological polar surface area (TPSA) is 420 Å². The maximum absolute atomic E-state index is 15.4. The van der Waals surface area contributed by atoms with E-state index in [4.69, 9.17) is 21.9 Å². The molecule has 4 aromatic rings. The van der Waals surface area contributed by atoms with E-state index in [0.717, 1.165) is 35.1 Å². The van der Waals surface area contributed by atoms with Crippen molar-refractivity contribution in [2.45, 2.75) is 139 Å². The van der Waals surface area contributed by atoms with Gasteiger partial charge in [0.25, 0.3) is 0 Å². The smallest absolute Gasteiger partial charge is 0.326 e. The lowest BCUT2D eigenvalue weighted by Gasteiger charge is -2.38. The van der Waals surface area contributed by atoms with Crippen molar-refractivity contribution in [2.75, 3.05) is 53.5 Å². The van der Waals surface area contributed by atoms with Gasteiger partial charge in [-0.3, -0.25) is 43.5 Å². The molecule has 6 rings (SSSR count). The average molecular weight is 1180 g/mol. The van der Waals surface area contributed by atoms with Crippen molar-refractivity contribution >= 4 is 70.3 Å². The molecule has 0 saturated carbocycles. The largest absolute Gasteiger partial charge is 0.481 e. The highest BCUT2D eigenvalue weighted by molar-refractivity contribution is 5.99. The van der Waals surface area contributed by atoms with Crippen molar-refractivity contribution in [2.24, 2.45) is 22.2 Å². The molecule has 0 aliphatic carbocycles. The van der Waals surface area contributed by atoms with Gasteiger partial charge in [-0.2, -0.15) is 0 Å². The van der Waals surface area contributed by atoms with Crippen molar-refractivity contribution in [1.29, 1.82) is 0 Å². The molecule has 1 fully saturated rings. The number of guanidine groups is 1. The summed E-state index contributed by atoms with van der Waals surface area (Å²) in [6.07, 6.45) is 3.72. The van der Waals surface area contributed by atoms with Crippen LogP contribution in [0.4, 0.5) is 4.79 Å². The molecule has 462 valence electrons. The van der Waals surface area contributed by atoms with Crippen LogP contribution in [-0.4, -0.2) is 195 Å². The second-order valence-corrected chi connectivity index (χ2v) is 21.5. The van der Waals surface area contributed by atoms with Crippen molar-refractivity contribution < 1.29 is 58.1 Å². The van der Waals surface area contributed by atoms with E-state index in [1.807, 2.05) is 43.3 Å². The molecule has 2 aromatic heterocycles. The molecule has 2 aliphatic rings. The molecule has 28 heteroatoms. The highest BCUT2D eigenvalue weighted by Crippen LogP contribution is 2.31. The summed E-state index contributed by atoms with van der Waals surface area (Å²) in [5, 5.41) is 36.9. The number of nitrogens with one attached hydrogen (secondary N) is 8. The Balaban J connectivity index is 1.35. The Labute approximate surface area is 492 Å². The minimum atomic E-state index is -1.75. The molecule has 0 spiro atoms. The number of imidazole rings is 1. The summed E-state index contributed by atoms with van der Waals surface area (Å²) in [7, 11) is 2.95. The molecule has 2 aliphatic heterocycles. The Morgan fingerprint density at radius 3 is 2.01 bits per heavy atom. The van der Waals surface area contributed by atoms with Crippen LogP contribution < -0.4 is 49.1 Å². The van der Waals surface area contributed by atoms with Crippen LogP contribution in [0.1, 0.15) is 92.8 Å². The lowest BCUT2D eigenvalue weighted by Crippen LogP contribution is -2.61. The highest BCUT2D eigenvalue weighted by atomic mass is 16.5. The van der Waals surface area contributed by atoms with Gasteiger partial charge in [-0.1, -0.05) is 62.2 Å². The van der Waals surface area contributed by atoms with E-state index < -0.39 is 102 Å².